The zero-order valence-electron chi connectivity index (χ0n) is 15.4. The van der Waals surface area contributed by atoms with Crippen molar-refractivity contribution in [2.45, 2.75) is 23.9 Å². The van der Waals surface area contributed by atoms with Gasteiger partial charge in [0.25, 0.3) is 0 Å². The Balaban J connectivity index is 2.44. The fourth-order valence-electron chi connectivity index (χ4n) is 2.56. The van der Waals surface area contributed by atoms with Crippen molar-refractivity contribution in [3.63, 3.8) is 0 Å². The summed E-state index contributed by atoms with van der Waals surface area (Å²) in [6.07, 6.45) is 2.20. The Hall–Kier alpha value is -2.82. The molecular formula is C19H21FN2O6S. The first-order valence-electron chi connectivity index (χ1n) is 8.56. The van der Waals surface area contributed by atoms with Crippen LogP contribution >= 0.6 is 0 Å². The number of nitrogens with zero attached hydrogens (tertiary/aromatic N) is 2. The van der Waals surface area contributed by atoms with Gasteiger partial charge in [0, 0.05) is 25.4 Å². The van der Waals surface area contributed by atoms with Gasteiger partial charge >= 0.3 is 5.97 Å². The third-order valence-electron chi connectivity index (χ3n) is 3.90. The number of carbonyl (C=O) groups is 1. The molecule has 2 aromatic rings. The molecule has 1 aromatic heterocycles. The van der Waals surface area contributed by atoms with Crippen LogP contribution in [0.25, 0.3) is 0 Å². The van der Waals surface area contributed by atoms with Gasteiger partial charge in [-0.05, 0) is 35.9 Å². The van der Waals surface area contributed by atoms with Crippen LogP contribution in [0.2, 0.25) is 0 Å². The van der Waals surface area contributed by atoms with E-state index in [4.69, 9.17) is 9.84 Å². The second-order valence-electron chi connectivity index (χ2n) is 6.03. The first kappa shape index (κ1) is 22.5. The molecule has 0 bridgehead atoms. The second kappa shape index (κ2) is 10.1. The maximum atomic E-state index is 13.4. The van der Waals surface area contributed by atoms with E-state index >= 15 is 0 Å². The number of halogens is 1. The number of ether oxygens (including phenoxy) is 1. The summed E-state index contributed by atoms with van der Waals surface area (Å²) in [5, 5.41) is 18.3. The van der Waals surface area contributed by atoms with Crippen LogP contribution in [0.1, 0.15) is 12.0 Å². The molecule has 2 rings (SSSR count). The smallest absolute Gasteiger partial charge is 0.322 e. The molecule has 29 heavy (non-hydrogen) atoms. The van der Waals surface area contributed by atoms with Gasteiger partial charge in [-0.2, -0.15) is 4.31 Å². The number of sulfonamides is 1. The molecule has 1 heterocycles. The van der Waals surface area contributed by atoms with Gasteiger partial charge < -0.3 is 14.9 Å². The Morgan fingerprint density at radius 1 is 1.28 bits per heavy atom. The monoisotopic (exact) mass is 424 g/mol. The molecule has 0 unspecified atom stereocenters. The molecule has 8 nitrogen and oxygen atoms in total. The number of carboxylic acids is 1. The van der Waals surface area contributed by atoms with E-state index in [-0.39, 0.29) is 24.7 Å². The minimum Gasteiger partial charge on any atom is -0.491 e. The molecule has 0 radical (unpaired) electrons. The van der Waals surface area contributed by atoms with Crippen molar-refractivity contribution in [2.24, 2.45) is 0 Å². The molecule has 2 N–H and O–H groups in total. The van der Waals surface area contributed by atoms with Crippen molar-refractivity contribution >= 4 is 16.0 Å². The highest BCUT2D eigenvalue weighted by atomic mass is 32.2. The van der Waals surface area contributed by atoms with E-state index in [2.05, 4.69) is 11.6 Å². The number of aromatic nitrogens is 1. The third-order valence-corrected chi connectivity index (χ3v) is 5.77. The van der Waals surface area contributed by atoms with Crippen LogP contribution in [0, 0.1) is 0 Å². The summed E-state index contributed by atoms with van der Waals surface area (Å²) in [7, 11) is -4.31. The first-order valence-corrected chi connectivity index (χ1v) is 10.00. The standard InChI is InChI=1S/C19H21FN2O6S/c1-14(20)11-18(19(24)25)22(13-15-3-2-8-21-12-15)29(26,27)17-6-4-16(5-7-17)28-10-9-23/h2-8,12,18,23H,1,9-11,13H2,(H,24,25)/t18-/m0/s1. The number of pyridine rings is 1. The minimum absolute atomic E-state index is 0.0406. The summed E-state index contributed by atoms with van der Waals surface area (Å²) in [6.45, 7) is 2.58. The molecule has 0 saturated carbocycles. The Kier molecular flexibility index (Phi) is 7.82. The number of benzene rings is 1. The number of aliphatic carboxylic acids is 1. The van der Waals surface area contributed by atoms with Crippen molar-refractivity contribution < 1.29 is 32.6 Å². The SMILES string of the molecule is C=C(F)C[C@@H](C(=O)O)N(Cc1cccnc1)S(=O)(=O)c1ccc(OCCO)cc1. The average Bonchev–Trinajstić information content (AvgIpc) is 2.69. The summed E-state index contributed by atoms with van der Waals surface area (Å²) < 4.78 is 45.7. The molecule has 156 valence electrons. The zero-order chi connectivity index (χ0) is 21.4. The summed E-state index contributed by atoms with van der Waals surface area (Å²) in [4.78, 5) is 15.5. The molecule has 10 heteroatoms. The van der Waals surface area contributed by atoms with Crippen LogP contribution < -0.4 is 4.74 Å². The number of aliphatic hydroxyl groups is 1. The number of hydrogen-bond acceptors (Lipinski definition) is 6. The van der Waals surface area contributed by atoms with Crippen LogP contribution in [-0.4, -0.2) is 53.1 Å². The minimum atomic E-state index is -4.31. The van der Waals surface area contributed by atoms with Crippen molar-refractivity contribution in [3.05, 3.63) is 66.8 Å². The van der Waals surface area contributed by atoms with E-state index in [1.165, 1.54) is 36.7 Å². The lowest BCUT2D eigenvalue weighted by molar-refractivity contribution is -0.141. The van der Waals surface area contributed by atoms with Crippen LogP contribution in [0.3, 0.4) is 0 Å². The van der Waals surface area contributed by atoms with Crippen molar-refractivity contribution in [2.75, 3.05) is 13.2 Å². The topological polar surface area (TPSA) is 117 Å². The van der Waals surface area contributed by atoms with Gasteiger partial charge in [-0.1, -0.05) is 12.6 Å². The lowest BCUT2D eigenvalue weighted by atomic mass is 10.2. The van der Waals surface area contributed by atoms with E-state index in [9.17, 15) is 22.7 Å². The fourth-order valence-corrected chi connectivity index (χ4v) is 4.13. The maximum absolute atomic E-state index is 13.4. The average molecular weight is 424 g/mol. The van der Waals surface area contributed by atoms with E-state index in [1.807, 2.05) is 0 Å². The summed E-state index contributed by atoms with van der Waals surface area (Å²) in [5.74, 6) is -2.11. The van der Waals surface area contributed by atoms with E-state index in [1.54, 1.807) is 12.1 Å². The van der Waals surface area contributed by atoms with Crippen molar-refractivity contribution in [3.8, 4) is 5.75 Å². The van der Waals surface area contributed by atoms with Gasteiger partial charge in [0.1, 0.15) is 18.4 Å². The number of aliphatic hydroxyl groups excluding tert-OH is 1. The Bertz CT molecular complexity index is 935. The van der Waals surface area contributed by atoms with E-state index in [0.717, 1.165) is 0 Å². The van der Waals surface area contributed by atoms with Gasteiger partial charge in [0.2, 0.25) is 10.0 Å². The van der Waals surface area contributed by atoms with Gasteiger partial charge in [-0.25, -0.2) is 12.8 Å². The molecule has 0 amide bonds. The van der Waals surface area contributed by atoms with Crippen LogP contribution in [-0.2, 0) is 21.4 Å². The fraction of sp³-hybridized carbons (Fsp3) is 0.263. The van der Waals surface area contributed by atoms with Crippen LogP contribution in [0.15, 0.2) is 66.1 Å². The molecule has 0 aliphatic rings. The van der Waals surface area contributed by atoms with Gasteiger partial charge in [-0.3, -0.25) is 9.78 Å². The van der Waals surface area contributed by atoms with E-state index in [0.29, 0.717) is 15.6 Å². The Labute approximate surface area is 167 Å². The molecule has 0 saturated heterocycles. The lowest BCUT2D eigenvalue weighted by Gasteiger charge is -2.28. The van der Waals surface area contributed by atoms with Crippen LogP contribution in [0.5, 0.6) is 5.75 Å². The largest absolute Gasteiger partial charge is 0.491 e. The summed E-state index contributed by atoms with van der Waals surface area (Å²) in [5.41, 5.74) is 0.440. The highest BCUT2D eigenvalue weighted by Crippen LogP contribution is 2.26. The highest BCUT2D eigenvalue weighted by Gasteiger charge is 2.36. The van der Waals surface area contributed by atoms with Crippen LogP contribution in [0.4, 0.5) is 4.39 Å². The maximum Gasteiger partial charge on any atom is 0.322 e. The van der Waals surface area contributed by atoms with Crippen molar-refractivity contribution in [1.82, 2.24) is 9.29 Å². The van der Waals surface area contributed by atoms with Gasteiger partial charge in [-0.15, -0.1) is 0 Å². The zero-order valence-corrected chi connectivity index (χ0v) is 16.3. The lowest BCUT2D eigenvalue weighted by Crippen LogP contribution is -2.44. The number of carboxylic acid groups (broad SMARTS) is 1. The predicted octanol–water partition coefficient (Wildman–Crippen LogP) is 1.97. The second-order valence-corrected chi connectivity index (χ2v) is 7.92. The summed E-state index contributed by atoms with van der Waals surface area (Å²) in [6, 6.07) is 6.75. The van der Waals surface area contributed by atoms with Gasteiger partial charge in [0.15, 0.2) is 0 Å². The van der Waals surface area contributed by atoms with E-state index < -0.39 is 34.3 Å². The Morgan fingerprint density at radius 3 is 2.48 bits per heavy atom. The Morgan fingerprint density at radius 2 is 1.97 bits per heavy atom. The predicted molar refractivity (Wildman–Crippen MR) is 102 cm³/mol. The summed E-state index contributed by atoms with van der Waals surface area (Å²) >= 11 is 0. The van der Waals surface area contributed by atoms with Gasteiger partial charge in [0.05, 0.1) is 17.3 Å². The molecule has 0 aliphatic heterocycles. The molecule has 1 atom stereocenters. The quantitative estimate of drug-likeness (QED) is 0.566. The third kappa shape index (κ3) is 6.08. The molecule has 0 spiro atoms. The first-order chi connectivity index (χ1) is 13.8. The molecular weight excluding hydrogens is 403 g/mol. The molecule has 0 fully saturated rings. The molecule has 1 aromatic carbocycles. The number of rotatable bonds is 11. The molecule has 0 aliphatic carbocycles. The normalized spacial score (nSPS) is 12.5. The highest BCUT2D eigenvalue weighted by molar-refractivity contribution is 7.89. The number of hydrogen-bond donors (Lipinski definition) is 2. The van der Waals surface area contributed by atoms with Crippen molar-refractivity contribution in [1.29, 1.82) is 0 Å².